The van der Waals surface area contributed by atoms with Gasteiger partial charge in [-0.05, 0) is 45.0 Å². The molecule has 5 nitrogen and oxygen atoms in total. The molecule has 0 unspecified atom stereocenters. The minimum atomic E-state index is -0.192. The number of hydrogen-bond donors (Lipinski definition) is 1. The third-order valence-corrected chi connectivity index (χ3v) is 3.92. The van der Waals surface area contributed by atoms with Gasteiger partial charge in [-0.3, -0.25) is 4.79 Å². The van der Waals surface area contributed by atoms with Crippen molar-refractivity contribution in [1.82, 2.24) is 5.16 Å². The van der Waals surface area contributed by atoms with E-state index in [2.05, 4.69) is 36.1 Å². The topological polar surface area (TPSA) is 58.4 Å². The van der Waals surface area contributed by atoms with Crippen molar-refractivity contribution in [3.05, 3.63) is 41.7 Å². The van der Waals surface area contributed by atoms with Crippen LogP contribution >= 0.6 is 0 Å². The standard InChI is InChI=1S/C19H27N3O2/c1-7-22(13(2)3)15-10-8-14(9-11-15)18(23)20-17-12-16(24-21-17)19(4,5)6/h8-13H,7H2,1-6H3,(H,20,21,23). The fourth-order valence-corrected chi connectivity index (χ4v) is 2.53. The Morgan fingerprint density at radius 1 is 1.25 bits per heavy atom. The van der Waals surface area contributed by atoms with Crippen molar-refractivity contribution in [2.45, 2.75) is 53.0 Å². The Balaban J connectivity index is 2.09. The number of hydrogen-bond acceptors (Lipinski definition) is 4. The van der Waals surface area contributed by atoms with Crippen molar-refractivity contribution in [3.8, 4) is 0 Å². The highest BCUT2D eigenvalue weighted by Crippen LogP contribution is 2.25. The normalized spacial score (nSPS) is 11.6. The Kier molecular flexibility index (Phi) is 5.32. The van der Waals surface area contributed by atoms with Crippen LogP contribution in [0.5, 0.6) is 0 Å². The molecule has 0 saturated carbocycles. The van der Waals surface area contributed by atoms with Gasteiger partial charge in [-0.15, -0.1) is 0 Å². The van der Waals surface area contributed by atoms with Crippen LogP contribution in [-0.2, 0) is 5.41 Å². The van der Waals surface area contributed by atoms with E-state index in [-0.39, 0.29) is 11.3 Å². The van der Waals surface area contributed by atoms with E-state index in [4.69, 9.17) is 4.52 Å². The second-order valence-electron chi connectivity index (χ2n) is 7.21. The summed E-state index contributed by atoms with van der Waals surface area (Å²) >= 11 is 0. The number of carbonyl (C=O) groups is 1. The molecule has 1 heterocycles. The number of aromatic nitrogens is 1. The van der Waals surface area contributed by atoms with Gasteiger partial charge in [-0.1, -0.05) is 25.9 Å². The lowest BCUT2D eigenvalue weighted by atomic mass is 9.93. The minimum absolute atomic E-state index is 0.141. The lowest BCUT2D eigenvalue weighted by molar-refractivity contribution is 0.102. The molecule has 1 amide bonds. The maximum atomic E-state index is 12.4. The summed E-state index contributed by atoms with van der Waals surface area (Å²) in [6, 6.07) is 9.80. The zero-order valence-electron chi connectivity index (χ0n) is 15.4. The molecular formula is C19H27N3O2. The van der Waals surface area contributed by atoms with Crippen LogP contribution in [0.15, 0.2) is 34.9 Å². The molecule has 24 heavy (non-hydrogen) atoms. The molecule has 0 fully saturated rings. The summed E-state index contributed by atoms with van der Waals surface area (Å²) < 4.78 is 5.29. The summed E-state index contributed by atoms with van der Waals surface area (Å²) in [6.45, 7) is 13.5. The molecule has 0 bridgehead atoms. The van der Waals surface area contributed by atoms with Crippen LogP contribution < -0.4 is 10.2 Å². The number of anilines is 2. The fraction of sp³-hybridized carbons (Fsp3) is 0.474. The van der Waals surface area contributed by atoms with Crippen molar-refractivity contribution in [3.63, 3.8) is 0 Å². The van der Waals surface area contributed by atoms with E-state index in [1.807, 2.05) is 45.0 Å². The molecule has 1 aromatic heterocycles. The molecule has 0 atom stereocenters. The number of amides is 1. The van der Waals surface area contributed by atoms with Gasteiger partial charge in [0.1, 0.15) is 5.76 Å². The van der Waals surface area contributed by atoms with Crippen molar-refractivity contribution in [1.29, 1.82) is 0 Å². The second-order valence-corrected chi connectivity index (χ2v) is 7.21. The Morgan fingerprint density at radius 3 is 2.33 bits per heavy atom. The van der Waals surface area contributed by atoms with Gasteiger partial charge in [-0.2, -0.15) is 0 Å². The van der Waals surface area contributed by atoms with Crippen molar-refractivity contribution in [2.75, 3.05) is 16.8 Å². The molecule has 0 radical (unpaired) electrons. The molecule has 2 aromatic rings. The molecule has 1 N–H and O–H groups in total. The molecule has 0 aliphatic rings. The van der Waals surface area contributed by atoms with E-state index in [9.17, 15) is 4.79 Å². The van der Waals surface area contributed by atoms with Crippen LogP contribution in [0.3, 0.4) is 0 Å². The van der Waals surface area contributed by atoms with E-state index < -0.39 is 0 Å². The Morgan fingerprint density at radius 2 is 1.88 bits per heavy atom. The summed E-state index contributed by atoms with van der Waals surface area (Å²) in [6.07, 6.45) is 0. The highest BCUT2D eigenvalue weighted by Gasteiger charge is 2.20. The van der Waals surface area contributed by atoms with Crippen LogP contribution in [0.25, 0.3) is 0 Å². The summed E-state index contributed by atoms with van der Waals surface area (Å²) in [4.78, 5) is 14.6. The maximum Gasteiger partial charge on any atom is 0.256 e. The predicted octanol–water partition coefficient (Wildman–Crippen LogP) is 4.46. The van der Waals surface area contributed by atoms with Gasteiger partial charge in [0, 0.05) is 35.3 Å². The predicted molar refractivity (Wildman–Crippen MR) is 97.8 cm³/mol. The quantitative estimate of drug-likeness (QED) is 0.880. The van der Waals surface area contributed by atoms with E-state index in [1.165, 1.54) is 0 Å². The summed E-state index contributed by atoms with van der Waals surface area (Å²) in [7, 11) is 0. The largest absolute Gasteiger partial charge is 0.369 e. The third-order valence-electron chi connectivity index (χ3n) is 3.92. The smallest absolute Gasteiger partial charge is 0.256 e. The van der Waals surface area contributed by atoms with Crippen molar-refractivity contribution in [2.24, 2.45) is 0 Å². The van der Waals surface area contributed by atoms with Crippen LogP contribution in [0, 0.1) is 0 Å². The summed E-state index contributed by atoms with van der Waals surface area (Å²) in [5.74, 6) is 0.984. The lowest BCUT2D eigenvalue weighted by Crippen LogP contribution is -2.30. The van der Waals surface area contributed by atoms with Crippen LogP contribution in [0.2, 0.25) is 0 Å². The van der Waals surface area contributed by atoms with Gasteiger partial charge in [0.05, 0.1) is 0 Å². The zero-order chi connectivity index (χ0) is 17.9. The maximum absolute atomic E-state index is 12.4. The Labute approximate surface area is 144 Å². The highest BCUT2D eigenvalue weighted by atomic mass is 16.5. The molecule has 0 spiro atoms. The van der Waals surface area contributed by atoms with E-state index in [0.717, 1.165) is 18.0 Å². The van der Waals surface area contributed by atoms with Crippen LogP contribution in [0.4, 0.5) is 11.5 Å². The Bertz CT molecular complexity index is 681. The van der Waals surface area contributed by atoms with Gasteiger partial charge in [0.25, 0.3) is 5.91 Å². The number of nitrogens with one attached hydrogen (secondary N) is 1. The zero-order valence-corrected chi connectivity index (χ0v) is 15.4. The second kappa shape index (κ2) is 7.07. The SMILES string of the molecule is CCN(c1ccc(C(=O)Nc2cc(C(C)(C)C)on2)cc1)C(C)C. The molecule has 5 heteroatoms. The molecule has 0 aliphatic carbocycles. The molecule has 0 saturated heterocycles. The van der Waals surface area contributed by atoms with E-state index >= 15 is 0 Å². The highest BCUT2D eigenvalue weighted by molar-refractivity contribution is 6.03. The monoisotopic (exact) mass is 329 g/mol. The lowest BCUT2D eigenvalue weighted by Gasteiger charge is -2.27. The summed E-state index contributed by atoms with van der Waals surface area (Å²) in [5.41, 5.74) is 1.57. The van der Waals surface area contributed by atoms with Crippen LogP contribution in [0.1, 0.15) is 57.7 Å². The van der Waals surface area contributed by atoms with E-state index in [1.54, 1.807) is 6.07 Å². The van der Waals surface area contributed by atoms with E-state index in [0.29, 0.717) is 17.4 Å². The molecule has 1 aromatic carbocycles. The first-order chi connectivity index (χ1) is 11.2. The molecule has 130 valence electrons. The van der Waals surface area contributed by atoms with Gasteiger partial charge in [0.15, 0.2) is 5.82 Å². The third kappa shape index (κ3) is 4.16. The average Bonchev–Trinajstić information content (AvgIpc) is 2.97. The minimum Gasteiger partial charge on any atom is -0.369 e. The first kappa shape index (κ1) is 18.0. The fourth-order valence-electron chi connectivity index (χ4n) is 2.53. The van der Waals surface area contributed by atoms with Gasteiger partial charge < -0.3 is 14.7 Å². The first-order valence-electron chi connectivity index (χ1n) is 8.37. The summed E-state index contributed by atoms with van der Waals surface area (Å²) in [5, 5.41) is 6.69. The van der Waals surface area contributed by atoms with Crippen molar-refractivity contribution >= 4 is 17.4 Å². The Hall–Kier alpha value is -2.30. The number of benzene rings is 1. The molecular weight excluding hydrogens is 302 g/mol. The average molecular weight is 329 g/mol. The number of carbonyl (C=O) groups excluding carboxylic acids is 1. The first-order valence-corrected chi connectivity index (χ1v) is 8.37. The number of nitrogens with zero attached hydrogens (tertiary/aromatic N) is 2. The molecule has 2 rings (SSSR count). The molecule has 0 aliphatic heterocycles. The van der Waals surface area contributed by atoms with Crippen molar-refractivity contribution < 1.29 is 9.32 Å². The number of rotatable bonds is 5. The van der Waals surface area contributed by atoms with Gasteiger partial charge >= 0.3 is 0 Å². The van der Waals surface area contributed by atoms with Gasteiger partial charge in [-0.25, -0.2) is 0 Å². The van der Waals surface area contributed by atoms with Crippen LogP contribution in [-0.4, -0.2) is 23.7 Å². The van der Waals surface area contributed by atoms with Gasteiger partial charge in [0.2, 0.25) is 0 Å².